The van der Waals surface area contributed by atoms with Crippen LogP contribution >= 0.6 is 11.6 Å². The molecule has 21 heavy (non-hydrogen) atoms. The first-order chi connectivity index (χ1) is 10.1. The first kappa shape index (κ1) is 15.1. The van der Waals surface area contributed by atoms with Gasteiger partial charge in [0.15, 0.2) is 0 Å². The molecule has 4 nitrogen and oxygen atoms in total. The summed E-state index contributed by atoms with van der Waals surface area (Å²) in [6, 6.07) is 10.5. The minimum Gasteiger partial charge on any atom is -0.495 e. The number of carbonyl (C=O) groups is 1. The van der Waals surface area contributed by atoms with Crippen molar-refractivity contribution in [2.45, 2.75) is 6.54 Å². The van der Waals surface area contributed by atoms with Gasteiger partial charge in [0.1, 0.15) is 11.6 Å². The van der Waals surface area contributed by atoms with Gasteiger partial charge in [-0.2, -0.15) is 0 Å². The predicted molar refractivity (Wildman–Crippen MR) is 80.3 cm³/mol. The third kappa shape index (κ3) is 4.36. The van der Waals surface area contributed by atoms with Gasteiger partial charge in [0, 0.05) is 12.2 Å². The Morgan fingerprint density at radius 2 is 2.10 bits per heavy atom. The maximum Gasteiger partial charge on any atom is 0.319 e. The van der Waals surface area contributed by atoms with Crippen molar-refractivity contribution >= 4 is 23.3 Å². The highest BCUT2D eigenvalue weighted by Crippen LogP contribution is 2.27. The van der Waals surface area contributed by atoms with E-state index in [0.29, 0.717) is 22.0 Å². The van der Waals surface area contributed by atoms with Crippen LogP contribution in [0.3, 0.4) is 0 Å². The van der Waals surface area contributed by atoms with E-state index in [2.05, 4.69) is 10.6 Å². The summed E-state index contributed by atoms with van der Waals surface area (Å²) in [6.07, 6.45) is 0. The highest BCUT2D eigenvalue weighted by atomic mass is 35.5. The summed E-state index contributed by atoms with van der Waals surface area (Å²) in [5.41, 5.74) is 1.22. The van der Waals surface area contributed by atoms with E-state index in [-0.39, 0.29) is 12.4 Å². The zero-order chi connectivity index (χ0) is 15.2. The van der Waals surface area contributed by atoms with Crippen molar-refractivity contribution in [3.05, 3.63) is 58.9 Å². The van der Waals surface area contributed by atoms with Gasteiger partial charge in [-0.1, -0.05) is 23.7 Å². The van der Waals surface area contributed by atoms with Crippen molar-refractivity contribution < 1.29 is 13.9 Å². The maximum absolute atomic E-state index is 13.0. The molecule has 2 aromatic carbocycles. The van der Waals surface area contributed by atoms with Gasteiger partial charge in [0.2, 0.25) is 0 Å². The van der Waals surface area contributed by atoms with Crippen molar-refractivity contribution in [1.82, 2.24) is 5.32 Å². The van der Waals surface area contributed by atoms with Crippen molar-refractivity contribution in [3.8, 4) is 5.75 Å². The van der Waals surface area contributed by atoms with Crippen molar-refractivity contribution in [2.75, 3.05) is 12.4 Å². The summed E-state index contributed by atoms with van der Waals surface area (Å²) >= 11 is 5.96. The molecule has 0 fully saturated rings. The number of halogens is 2. The lowest BCUT2D eigenvalue weighted by Gasteiger charge is -2.09. The highest BCUT2D eigenvalue weighted by Gasteiger charge is 2.05. The second kappa shape index (κ2) is 6.95. The molecule has 2 rings (SSSR count). The van der Waals surface area contributed by atoms with E-state index in [4.69, 9.17) is 16.3 Å². The molecule has 0 saturated carbocycles. The molecule has 0 spiro atoms. The molecule has 0 bridgehead atoms. The van der Waals surface area contributed by atoms with E-state index in [0.717, 1.165) is 0 Å². The van der Waals surface area contributed by atoms with E-state index in [9.17, 15) is 9.18 Å². The predicted octanol–water partition coefficient (Wildman–Crippen LogP) is 3.81. The average molecular weight is 309 g/mol. The van der Waals surface area contributed by atoms with Crippen LogP contribution in [0.25, 0.3) is 0 Å². The second-order valence-corrected chi connectivity index (χ2v) is 4.69. The third-order valence-electron chi connectivity index (χ3n) is 2.75. The SMILES string of the molecule is COc1ccc(NC(=O)NCc2cccc(F)c2)cc1Cl. The third-order valence-corrected chi connectivity index (χ3v) is 3.05. The van der Waals surface area contributed by atoms with Gasteiger partial charge in [-0.3, -0.25) is 0 Å². The van der Waals surface area contributed by atoms with Crippen LogP contribution in [0, 0.1) is 5.82 Å². The molecule has 0 atom stereocenters. The number of carbonyl (C=O) groups excluding carboxylic acids is 1. The van der Waals surface area contributed by atoms with Crippen LogP contribution in [0.5, 0.6) is 5.75 Å². The van der Waals surface area contributed by atoms with E-state index >= 15 is 0 Å². The Labute approximate surface area is 126 Å². The zero-order valence-corrected chi connectivity index (χ0v) is 12.1. The number of benzene rings is 2. The summed E-state index contributed by atoms with van der Waals surface area (Å²) in [6.45, 7) is 0.230. The largest absolute Gasteiger partial charge is 0.495 e. The number of urea groups is 1. The Morgan fingerprint density at radius 1 is 1.29 bits per heavy atom. The fraction of sp³-hybridized carbons (Fsp3) is 0.133. The fourth-order valence-electron chi connectivity index (χ4n) is 1.75. The molecular weight excluding hydrogens is 295 g/mol. The van der Waals surface area contributed by atoms with Crippen LogP contribution in [-0.4, -0.2) is 13.1 Å². The molecule has 0 radical (unpaired) electrons. The van der Waals surface area contributed by atoms with Gasteiger partial charge in [-0.25, -0.2) is 9.18 Å². The number of hydrogen-bond donors (Lipinski definition) is 2. The second-order valence-electron chi connectivity index (χ2n) is 4.29. The number of rotatable bonds is 4. The normalized spacial score (nSPS) is 10.0. The number of nitrogens with one attached hydrogen (secondary N) is 2. The minimum absolute atomic E-state index is 0.230. The van der Waals surface area contributed by atoms with Gasteiger partial charge in [-0.05, 0) is 35.9 Å². The number of ether oxygens (including phenoxy) is 1. The lowest BCUT2D eigenvalue weighted by Crippen LogP contribution is -2.28. The lowest BCUT2D eigenvalue weighted by atomic mass is 10.2. The molecule has 0 saturated heterocycles. The Balaban J connectivity index is 1.91. The fourth-order valence-corrected chi connectivity index (χ4v) is 2.01. The lowest BCUT2D eigenvalue weighted by molar-refractivity contribution is 0.251. The van der Waals surface area contributed by atoms with Crippen LogP contribution < -0.4 is 15.4 Å². The van der Waals surface area contributed by atoms with Crippen LogP contribution in [0.15, 0.2) is 42.5 Å². The van der Waals surface area contributed by atoms with Gasteiger partial charge in [-0.15, -0.1) is 0 Å². The number of methoxy groups -OCH3 is 1. The Kier molecular flexibility index (Phi) is 5.00. The van der Waals surface area contributed by atoms with Gasteiger partial charge >= 0.3 is 6.03 Å². The summed E-state index contributed by atoms with van der Waals surface area (Å²) < 4.78 is 18.0. The molecule has 0 aliphatic heterocycles. The van der Waals surface area contributed by atoms with E-state index < -0.39 is 6.03 Å². The van der Waals surface area contributed by atoms with Gasteiger partial charge in [0.25, 0.3) is 0 Å². The number of hydrogen-bond acceptors (Lipinski definition) is 2. The van der Waals surface area contributed by atoms with E-state index in [1.54, 1.807) is 30.3 Å². The zero-order valence-electron chi connectivity index (χ0n) is 11.3. The molecule has 0 heterocycles. The van der Waals surface area contributed by atoms with Crippen molar-refractivity contribution in [3.63, 3.8) is 0 Å². The summed E-state index contributed by atoms with van der Waals surface area (Å²) in [5.74, 6) is 0.194. The summed E-state index contributed by atoms with van der Waals surface area (Å²) in [5, 5.41) is 5.67. The Bertz CT molecular complexity index is 649. The van der Waals surface area contributed by atoms with Crippen molar-refractivity contribution in [1.29, 1.82) is 0 Å². The quantitative estimate of drug-likeness (QED) is 0.902. The van der Waals surface area contributed by atoms with Gasteiger partial charge in [0.05, 0.1) is 12.1 Å². The van der Waals surface area contributed by atoms with E-state index in [1.165, 1.54) is 19.2 Å². The van der Waals surface area contributed by atoms with Crippen LogP contribution in [0.2, 0.25) is 5.02 Å². The van der Waals surface area contributed by atoms with Crippen molar-refractivity contribution in [2.24, 2.45) is 0 Å². The molecule has 2 aromatic rings. The molecule has 0 aromatic heterocycles. The first-order valence-electron chi connectivity index (χ1n) is 6.21. The van der Waals surface area contributed by atoms with Gasteiger partial charge < -0.3 is 15.4 Å². The Hall–Kier alpha value is -2.27. The molecule has 110 valence electrons. The highest BCUT2D eigenvalue weighted by molar-refractivity contribution is 6.32. The van der Waals surface area contributed by atoms with Crippen LogP contribution in [0.1, 0.15) is 5.56 Å². The molecule has 0 unspecified atom stereocenters. The molecule has 0 aliphatic rings. The molecule has 2 amide bonds. The number of amides is 2. The van der Waals surface area contributed by atoms with Crippen LogP contribution in [0.4, 0.5) is 14.9 Å². The number of anilines is 1. The topological polar surface area (TPSA) is 50.4 Å². The van der Waals surface area contributed by atoms with E-state index in [1.807, 2.05) is 0 Å². The molecule has 2 N–H and O–H groups in total. The molecular formula is C15H14ClFN2O2. The smallest absolute Gasteiger partial charge is 0.319 e. The standard InChI is InChI=1S/C15H14ClFN2O2/c1-21-14-6-5-12(8-13(14)16)19-15(20)18-9-10-3-2-4-11(17)7-10/h2-8H,9H2,1H3,(H2,18,19,20). The van der Waals surface area contributed by atoms with Crippen LogP contribution in [-0.2, 0) is 6.54 Å². The average Bonchev–Trinajstić information content (AvgIpc) is 2.45. The Morgan fingerprint density at radius 3 is 2.76 bits per heavy atom. The first-order valence-corrected chi connectivity index (χ1v) is 6.59. The maximum atomic E-state index is 13.0. The molecule has 0 aliphatic carbocycles. The molecule has 6 heteroatoms. The monoisotopic (exact) mass is 308 g/mol. The summed E-state index contributed by atoms with van der Waals surface area (Å²) in [7, 11) is 1.51. The summed E-state index contributed by atoms with van der Waals surface area (Å²) in [4.78, 5) is 11.7. The minimum atomic E-state index is -0.402.